The smallest absolute Gasteiger partial charge is 0.189 e. The molecule has 94 valence electrons. The van der Waals surface area contributed by atoms with E-state index < -0.39 is 0 Å². The molecule has 0 atom stereocenters. The van der Waals surface area contributed by atoms with Crippen LogP contribution in [-0.4, -0.2) is 31.3 Å². The Morgan fingerprint density at radius 3 is 2.78 bits per heavy atom. The second-order valence-corrected chi connectivity index (χ2v) is 4.65. The number of pyridine rings is 1. The normalized spacial score (nSPS) is 16.2. The Bertz CT molecular complexity index is 627. The number of rotatable bonds is 1. The fourth-order valence-corrected chi connectivity index (χ4v) is 2.39. The molecule has 0 aliphatic carbocycles. The zero-order valence-electron chi connectivity index (χ0n) is 10.4. The standard InChI is InChI=1S/C14H16N2O2/c1-10-8-14(17)12-3-2-11(9-13(12)15-10)16-4-6-18-7-5-16/h2-3,8-9H,4-7H2,1H3,(H,15,17). The van der Waals surface area contributed by atoms with Gasteiger partial charge in [-0.05, 0) is 25.1 Å². The van der Waals surface area contributed by atoms with E-state index in [-0.39, 0.29) is 5.43 Å². The minimum atomic E-state index is 0.0785. The van der Waals surface area contributed by atoms with Gasteiger partial charge in [0, 0.05) is 35.9 Å². The van der Waals surface area contributed by atoms with Gasteiger partial charge in [0.2, 0.25) is 0 Å². The van der Waals surface area contributed by atoms with Gasteiger partial charge in [-0.2, -0.15) is 0 Å². The number of aromatic nitrogens is 1. The summed E-state index contributed by atoms with van der Waals surface area (Å²) in [6, 6.07) is 7.60. The highest BCUT2D eigenvalue weighted by atomic mass is 16.5. The predicted octanol–water partition coefficient (Wildman–Crippen LogP) is 1.67. The van der Waals surface area contributed by atoms with Crippen molar-refractivity contribution in [1.82, 2.24) is 4.98 Å². The van der Waals surface area contributed by atoms with Gasteiger partial charge in [-0.15, -0.1) is 0 Å². The topological polar surface area (TPSA) is 45.3 Å². The average molecular weight is 244 g/mol. The summed E-state index contributed by atoms with van der Waals surface area (Å²) in [5, 5.41) is 0.748. The fraction of sp³-hybridized carbons (Fsp3) is 0.357. The molecule has 4 nitrogen and oxygen atoms in total. The van der Waals surface area contributed by atoms with Crippen LogP contribution in [0.25, 0.3) is 10.9 Å². The molecule has 0 radical (unpaired) electrons. The van der Waals surface area contributed by atoms with Crippen molar-refractivity contribution < 1.29 is 4.74 Å². The molecule has 4 heteroatoms. The van der Waals surface area contributed by atoms with Crippen molar-refractivity contribution >= 4 is 16.6 Å². The number of aromatic amines is 1. The molecule has 0 unspecified atom stereocenters. The molecule has 2 aromatic rings. The third-order valence-corrected chi connectivity index (χ3v) is 3.32. The molecular formula is C14H16N2O2. The third kappa shape index (κ3) is 1.99. The molecule has 1 saturated heterocycles. The van der Waals surface area contributed by atoms with Crippen LogP contribution in [0.4, 0.5) is 5.69 Å². The lowest BCUT2D eigenvalue weighted by Gasteiger charge is -2.29. The van der Waals surface area contributed by atoms with Crippen LogP contribution in [0.3, 0.4) is 0 Å². The molecule has 0 spiro atoms. The molecule has 1 aliphatic rings. The van der Waals surface area contributed by atoms with Crippen LogP contribution in [0.2, 0.25) is 0 Å². The first-order valence-corrected chi connectivity index (χ1v) is 6.20. The maximum absolute atomic E-state index is 11.8. The molecule has 1 aromatic heterocycles. The van der Waals surface area contributed by atoms with Crippen molar-refractivity contribution in [1.29, 1.82) is 0 Å². The van der Waals surface area contributed by atoms with E-state index >= 15 is 0 Å². The highest BCUT2D eigenvalue weighted by Gasteiger charge is 2.12. The Hall–Kier alpha value is -1.81. The van der Waals surface area contributed by atoms with Crippen LogP contribution >= 0.6 is 0 Å². The molecule has 3 rings (SSSR count). The van der Waals surface area contributed by atoms with E-state index in [4.69, 9.17) is 4.74 Å². The summed E-state index contributed by atoms with van der Waals surface area (Å²) in [5.74, 6) is 0. The number of H-pyrrole nitrogens is 1. The number of hydrogen-bond donors (Lipinski definition) is 1. The zero-order chi connectivity index (χ0) is 12.5. The molecule has 0 bridgehead atoms. The second kappa shape index (κ2) is 4.46. The molecule has 1 N–H and O–H groups in total. The minimum Gasteiger partial charge on any atom is -0.378 e. The number of anilines is 1. The summed E-state index contributed by atoms with van der Waals surface area (Å²) in [5.41, 5.74) is 3.03. The summed E-state index contributed by atoms with van der Waals surface area (Å²) in [6.45, 7) is 5.25. The Balaban J connectivity index is 2.07. The van der Waals surface area contributed by atoms with Crippen molar-refractivity contribution in [2.45, 2.75) is 6.92 Å². The predicted molar refractivity (Wildman–Crippen MR) is 72.3 cm³/mol. The highest BCUT2D eigenvalue weighted by Crippen LogP contribution is 2.20. The largest absolute Gasteiger partial charge is 0.378 e. The third-order valence-electron chi connectivity index (χ3n) is 3.32. The molecule has 1 fully saturated rings. The van der Waals surface area contributed by atoms with Gasteiger partial charge >= 0.3 is 0 Å². The van der Waals surface area contributed by atoms with Crippen molar-refractivity contribution in [2.75, 3.05) is 31.2 Å². The molecular weight excluding hydrogens is 228 g/mol. The van der Waals surface area contributed by atoms with Crippen molar-refractivity contribution in [3.8, 4) is 0 Å². The second-order valence-electron chi connectivity index (χ2n) is 4.65. The van der Waals surface area contributed by atoms with Gasteiger partial charge in [0.1, 0.15) is 0 Å². The lowest BCUT2D eigenvalue weighted by molar-refractivity contribution is 0.122. The Morgan fingerprint density at radius 2 is 2.00 bits per heavy atom. The molecule has 0 amide bonds. The number of morpholine rings is 1. The summed E-state index contributed by atoms with van der Waals surface area (Å²) in [7, 11) is 0. The minimum absolute atomic E-state index is 0.0785. The number of hydrogen-bond acceptors (Lipinski definition) is 3. The average Bonchev–Trinajstić information content (AvgIpc) is 2.39. The first-order chi connectivity index (χ1) is 8.74. The van der Waals surface area contributed by atoms with Crippen LogP contribution in [0.15, 0.2) is 29.1 Å². The van der Waals surface area contributed by atoms with Crippen LogP contribution in [-0.2, 0) is 4.74 Å². The van der Waals surface area contributed by atoms with Gasteiger partial charge in [0.05, 0.1) is 18.7 Å². The van der Waals surface area contributed by atoms with Crippen LogP contribution in [0.1, 0.15) is 5.69 Å². The quantitative estimate of drug-likeness (QED) is 0.830. The number of fused-ring (bicyclic) bond motifs is 1. The molecule has 1 aromatic carbocycles. The van der Waals surface area contributed by atoms with Crippen molar-refractivity contribution in [3.63, 3.8) is 0 Å². The van der Waals surface area contributed by atoms with E-state index in [0.29, 0.717) is 0 Å². The van der Waals surface area contributed by atoms with E-state index in [2.05, 4.69) is 16.0 Å². The zero-order valence-corrected chi connectivity index (χ0v) is 10.4. The molecule has 1 aliphatic heterocycles. The maximum Gasteiger partial charge on any atom is 0.189 e. The fourth-order valence-electron chi connectivity index (χ4n) is 2.39. The Morgan fingerprint density at radius 1 is 1.22 bits per heavy atom. The van der Waals surface area contributed by atoms with Crippen LogP contribution in [0, 0.1) is 6.92 Å². The van der Waals surface area contributed by atoms with Gasteiger partial charge in [-0.3, -0.25) is 4.79 Å². The number of nitrogens with zero attached hydrogens (tertiary/aromatic N) is 1. The van der Waals surface area contributed by atoms with Crippen molar-refractivity contribution in [3.05, 3.63) is 40.2 Å². The summed E-state index contributed by atoms with van der Waals surface area (Å²) >= 11 is 0. The van der Waals surface area contributed by atoms with E-state index in [0.717, 1.165) is 48.6 Å². The van der Waals surface area contributed by atoms with E-state index in [1.54, 1.807) is 6.07 Å². The van der Waals surface area contributed by atoms with Gasteiger partial charge in [-0.25, -0.2) is 0 Å². The summed E-state index contributed by atoms with van der Waals surface area (Å²) < 4.78 is 5.35. The lowest BCUT2D eigenvalue weighted by atomic mass is 10.1. The number of nitrogens with one attached hydrogen (secondary N) is 1. The van der Waals surface area contributed by atoms with Gasteiger partial charge in [0.25, 0.3) is 0 Å². The Kier molecular flexibility index (Phi) is 2.80. The van der Waals surface area contributed by atoms with E-state index in [1.165, 1.54) is 0 Å². The monoisotopic (exact) mass is 244 g/mol. The van der Waals surface area contributed by atoms with E-state index in [9.17, 15) is 4.79 Å². The van der Waals surface area contributed by atoms with Gasteiger partial charge < -0.3 is 14.6 Å². The first kappa shape index (κ1) is 11.3. The number of ether oxygens (including phenoxy) is 1. The summed E-state index contributed by atoms with van der Waals surface area (Å²) in [6.07, 6.45) is 0. The van der Waals surface area contributed by atoms with Gasteiger partial charge in [0.15, 0.2) is 5.43 Å². The van der Waals surface area contributed by atoms with Crippen molar-refractivity contribution in [2.24, 2.45) is 0 Å². The highest BCUT2D eigenvalue weighted by molar-refractivity contribution is 5.82. The Labute approximate surface area is 105 Å². The van der Waals surface area contributed by atoms with Crippen LogP contribution < -0.4 is 10.3 Å². The maximum atomic E-state index is 11.8. The molecule has 2 heterocycles. The van der Waals surface area contributed by atoms with Crippen LogP contribution in [0.5, 0.6) is 0 Å². The summed E-state index contributed by atoms with van der Waals surface area (Å²) in [4.78, 5) is 17.4. The number of aryl methyl sites for hydroxylation is 1. The number of benzene rings is 1. The lowest BCUT2D eigenvalue weighted by Crippen LogP contribution is -2.36. The van der Waals surface area contributed by atoms with E-state index in [1.807, 2.05) is 19.1 Å². The molecule has 0 saturated carbocycles. The first-order valence-electron chi connectivity index (χ1n) is 6.20. The molecule has 18 heavy (non-hydrogen) atoms. The SMILES string of the molecule is Cc1cc(=O)c2ccc(N3CCOCC3)cc2[nH]1. The van der Waals surface area contributed by atoms with Gasteiger partial charge in [-0.1, -0.05) is 0 Å².